The van der Waals surface area contributed by atoms with Crippen LogP contribution < -0.4 is 10.9 Å². The molecule has 1 aromatic carbocycles. The molecule has 3 N–H and O–H groups in total. The molecular weight excluding hydrogens is 338 g/mol. The van der Waals surface area contributed by atoms with Gasteiger partial charge in [-0.3, -0.25) is 4.79 Å². The van der Waals surface area contributed by atoms with E-state index in [1.807, 2.05) is 24.4 Å². The Kier molecular flexibility index (Phi) is 3.98. The summed E-state index contributed by atoms with van der Waals surface area (Å²) in [5.41, 5.74) is 3.78. The molecule has 1 aliphatic heterocycles. The van der Waals surface area contributed by atoms with Crippen LogP contribution >= 0.6 is 0 Å². The molecule has 0 atom stereocenters. The molecule has 0 radical (unpaired) electrons. The first kappa shape index (κ1) is 16.2. The van der Waals surface area contributed by atoms with Gasteiger partial charge in [0.05, 0.1) is 11.1 Å². The van der Waals surface area contributed by atoms with E-state index in [0.29, 0.717) is 11.3 Å². The standard InChI is InChI=1S/C21H21N5O/c27-21-16-4-1-3-14(17-12-24-20-15(17)5-2-8-23-20)19(16)18(25-26-21)11-13-6-9-22-10-7-13/h1-5,8,12-13,22H,6-7,9-11H2,(H,23,24)(H,26,27). The van der Waals surface area contributed by atoms with E-state index in [0.717, 1.165) is 65.6 Å². The van der Waals surface area contributed by atoms with E-state index < -0.39 is 0 Å². The van der Waals surface area contributed by atoms with Crippen molar-refractivity contribution < 1.29 is 0 Å². The number of rotatable bonds is 3. The Labute approximate surface area is 156 Å². The maximum atomic E-state index is 12.5. The van der Waals surface area contributed by atoms with Crippen LogP contribution in [-0.2, 0) is 6.42 Å². The number of pyridine rings is 1. The van der Waals surface area contributed by atoms with Crippen LogP contribution in [0.2, 0.25) is 0 Å². The third-order valence-corrected chi connectivity index (χ3v) is 5.57. The van der Waals surface area contributed by atoms with Crippen molar-refractivity contribution in [2.75, 3.05) is 13.1 Å². The Morgan fingerprint density at radius 1 is 1.04 bits per heavy atom. The highest BCUT2D eigenvalue weighted by atomic mass is 16.1. The molecule has 6 nitrogen and oxygen atoms in total. The summed E-state index contributed by atoms with van der Waals surface area (Å²) in [6, 6.07) is 9.89. The van der Waals surface area contributed by atoms with Crippen molar-refractivity contribution in [2.24, 2.45) is 5.92 Å². The van der Waals surface area contributed by atoms with Crippen LogP contribution in [0.1, 0.15) is 18.5 Å². The molecule has 0 bridgehead atoms. The van der Waals surface area contributed by atoms with E-state index in [2.05, 4.69) is 37.6 Å². The summed E-state index contributed by atoms with van der Waals surface area (Å²) in [6.45, 7) is 2.10. The topological polar surface area (TPSA) is 86.5 Å². The van der Waals surface area contributed by atoms with Crippen molar-refractivity contribution in [3.63, 3.8) is 0 Å². The van der Waals surface area contributed by atoms with E-state index in [-0.39, 0.29) is 5.56 Å². The summed E-state index contributed by atoms with van der Waals surface area (Å²) in [5.74, 6) is 0.588. The molecule has 4 heterocycles. The predicted molar refractivity (Wildman–Crippen MR) is 107 cm³/mol. The van der Waals surface area contributed by atoms with Gasteiger partial charge in [-0.05, 0) is 62.0 Å². The number of nitrogens with zero attached hydrogens (tertiary/aromatic N) is 2. The first-order valence-corrected chi connectivity index (χ1v) is 9.45. The van der Waals surface area contributed by atoms with Gasteiger partial charge in [-0.1, -0.05) is 12.1 Å². The number of nitrogens with one attached hydrogen (secondary N) is 3. The van der Waals surface area contributed by atoms with Crippen LogP contribution in [0.5, 0.6) is 0 Å². The Bertz CT molecular complexity index is 1170. The highest BCUT2D eigenvalue weighted by Gasteiger charge is 2.19. The van der Waals surface area contributed by atoms with Crippen molar-refractivity contribution >= 4 is 21.8 Å². The average molecular weight is 359 g/mol. The molecule has 1 fully saturated rings. The smallest absolute Gasteiger partial charge is 0.272 e. The van der Waals surface area contributed by atoms with Crippen LogP contribution in [0, 0.1) is 5.92 Å². The number of hydrogen-bond acceptors (Lipinski definition) is 4. The molecule has 136 valence electrons. The monoisotopic (exact) mass is 359 g/mol. The SMILES string of the molecule is O=c1[nH]nc(CC2CCNCC2)c2c(-c3c[nH]c4ncccc34)cccc12. The number of benzene rings is 1. The maximum absolute atomic E-state index is 12.5. The van der Waals surface area contributed by atoms with E-state index in [1.54, 1.807) is 6.20 Å². The van der Waals surface area contributed by atoms with Gasteiger partial charge in [-0.2, -0.15) is 5.10 Å². The van der Waals surface area contributed by atoms with Gasteiger partial charge in [-0.15, -0.1) is 0 Å². The minimum absolute atomic E-state index is 0.140. The first-order valence-electron chi connectivity index (χ1n) is 9.45. The number of fused-ring (bicyclic) bond motifs is 2. The van der Waals surface area contributed by atoms with Gasteiger partial charge in [0.1, 0.15) is 5.65 Å². The van der Waals surface area contributed by atoms with E-state index in [4.69, 9.17) is 0 Å². The lowest BCUT2D eigenvalue weighted by Gasteiger charge is -2.22. The fourth-order valence-electron chi connectivity index (χ4n) is 4.20. The lowest BCUT2D eigenvalue weighted by atomic mass is 9.89. The third kappa shape index (κ3) is 2.82. The quantitative estimate of drug-likeness (QED) is 0.525. The van der Waals surface area contributed by atoms with Gasteiger partial charge in [0, 0.05) is 28.7 Å². The highest BCUT2D eigenvalue weighted by Crippen LogP contribution is 2.34. The summed E-state index contributed by atoms with van der Waals surface area (Å²) < 4.78 is 0. The zero-order valence-corrected chi connectivity index (χ0v) is 15.0. The van der Waals surface area contributed by atoms with Crippen molar-refractivity contribution in [3.05, 3.63) is 58.8 Å². The second-order valence-electron chi connectivity index (χ2n) is 7.23. The van der Waals surface area contributed by atoms with Crippen molar-refractivity contribution in [2.45, 2.75) is 19.3 Å². The lowest BCUT2D eigenvalue weighted by molar-refractivity contribution is 0.370. The Hall–Kier alpha value is -2.99. The summed E-state index contributed by atoms with van der Waals surface area (Å²) in [7, 11) is 0. The number of H-pyrrole nitrogens is 2. The molecule has 0 unspecified atom stereocenters. The summed E-state index contributed by atoms with van der Waals surface area (Å²) >= 11 is 0. The molecule has 1 aliphatic rings. The van der Waals surface area contributed by atoms with Crippen LogP contribution in [0.15, 0.2) is 47.5 Å². The zero-order valence-electron chi connectivity index (χ0n) is 15.0. The van der Waals surface area contributed by atoms with Crippen LogP contribution in [0.4, 0.5) is 0 Å². The number of aromatic amines is 2. The third-order valence-electron chi connectivity index (χ3n) is 5.57. The van der Waals surface area contributed by atoms with Crippen LogP contribution in [-0.4, -0.2) is 33.3 Å². The molecule has 4 aromatic rings. The van der Waals surface area contributed by atoms with Crippen molar-refractivity contribution in [1.29, 1.82) is 0 Å². The molecular formula is C21H21N5O. The molecule has 0 spiro atoms. The fourth-order valence-corrected chi connectivity index (χ4v) is 4.20. The molecule has 3 aromatic heterocycles. The van der Waals surface area contributed by atoms with Gasteiger partial charge in [-0.25, -0.2) is 10.1 Å². The normalized spacial score (nSPS) is 15.6. The van der Waals surface area contributed by atoms with Gasteiger partial charge in [0.25, 0.3) is 5.56 Å². The largest absolute Gasteiger partial charge is 0.346 e. The number of hydrogen-bond donors (Lipinski definition) is 3. The molecule has 1 saturated heterocycles. The Morgan fingerprint density at radius 3 is 2.78 bits per heavy atom. The fraction of sp³-hybridized carbons (Fsp3) is 0.286. The molecule has 0 aliphatic carbocycles. The van der Waals surface area contributed by atoms with Gasteiger partial charge < -0.3 is 10.3 Å². The van der Waals surface area contributed by atoms with Crippen LogP contribution in [0.3, 0.4) is 0 Å². The second-order valence-corrected chi connectivity index (χ2v) is 7.23. The molecule has 0 amide bonds. The minimum Gasteiger partial charge on any atom is -0.346 e. The highest BCUT2D eigenvalue weighted by molar-refractivity contribution is 6.04. The van der Waals surface area contributed by atoms with E-state index in [9.17, 15) is 4.79 Å². The summed E-state index contributed by atoms with van der Waals surface area (Å²) in [5, 5.41) is 13.3. The van der Waals surface area contributed by atoms with Gasteiger partial charge in [0.15, 0.2) is 0 Å². The average Bonchev–Trinajstić information content (AvgIpc) is 3.15. The zero-order chi connectivity index (χ0) is 18.2. The maximum Gasteiger partial charge on any atom is 0.272 e. The number of aromatic nitrogens is 4. The van der Waals surface area contributed by atoms with Crippen molar-refractivity contribution in [1.82, 2.24) is 25.5 Å². The first-order chi connectivity index (χ1) is 13.3. The summed E-state index contributed by atoms with van der Waals surface area (Å²) in [4.78, 5) is 20.1. The van der Waals surface area contributed by atoms with Gasteiger partial charge >= 0.3 is 0 Å². The predicted octanol–water partition coefficient (Wildman–Crippen LogP) is 3.01. The van der Waals surface area contributed by atoms with Gasteiger partial charge in [0.2, 0.25) is 0 Å². The van der Waals surface area contributed by atoms with Crippen LogP contribution in [0.25, 0.3) is 32.9 Å². The molecule has 6 heteroatoms. The minimum atomic E-state index is -0.140. The summed E-state index contributed by atoms with van der Waals surface area (Å²) in [6.07, 6.45) is 6.91. The van der Waals surface area contributed by atoms with E-state index in [1.165, 1.54) is 0 Å². The van der Waals surface area contributed by atoms with E-state index >= 15 is 0 Å². The second kappa shape index (κ2) is 6.63. The lowest BCUT2D eigenvalue weighted by Crippen LogP contribution is -2.29. The number of piperidine rings is 1. The Balaban J connectivity index is 1.72. The molecule has 0 saturated carbocycles. The molecule has 5 rings (SSSR count). The van der Waals surface area contributed by atoms with Crippen molar-refractivity contribution in [3.8, 4) is 11.1 Å². The molecule has 27 heavy (non-hydrogen) atoms. The Morgan fingerprint density at radius 2 is 1.89 bits per heavy atom.